The van der Waals surface area contributed by atoms with Gasteiger partial charge >= 0.3 is 0 Å². The van der Waals surface area contributed by atoms with Crippen molar-refractivity contribution >= 4 is 73.9 Å². The Bertz CT molecular complexity index is 1740. The molecule has 5 aromatic rings. The highest BCUT2D eigenvalue weighted by Gasteiger charge is 2.35. The van der Waals surface area contributed by atoms with Crippen molar-refractivity contribution in [2.24, 2.45) is 0 Å². The van der Waals surface area contributed by atoms with Crippen LogP contribution in [0, 0.1) is 0 Å². The van der Waals surface area contributed by atoms with Gasteiger partial charge in [-0.2, -0.15) is 0 Å². The molecule has 37 heavy (non-hydrogen) atoms. The molecule has 1 aliphatic heterocycles. The minimum absolute atomic E-state index is 0.240. The van der Waals surface area contributed by atoms with E-state index in [4.69, 9.17) is 23.2 Å². The van der Waals surface area contributed by atoms with Crippen LogP contribution in [0.1, 0.15) is 16.7 Å². The Morgan fingerprint density at radius 2 is 1.59 bits per heavy atom. The molecule has 1 aliphatic rings. The lowest BCUT2D eigenvalue weighted by Gasteiger charge is -2.13. The van der Waals surface area contributed by atoms with Crippen LogP contribution in [-0.4, -0.2) is 20.6 Å². The first-order chi connectivity index (χ1) is 18.0. The number of nitrogens with zero attached hydrogens (tertiary/aromatic N) is 2. The lowest BCUT2D eigenvalue weighted by Crippen LogP contribution is -2.27. The average molecular weight is 543 g/mol. The van der Waals surface area contributed by atoms with Gasteiger partial charge in [0.2, 0.25) is 0 Å². The molecular weight excluding hydrogens is 523 g/mol. The minimum Gasteiger partial charge on any atom is -0.342 e. The highest BCUT2D eigenvalue weighted by Crippen LogP contribution is 2.35. The standard InChI is InChI=1S/C30H20Cl2N2O2S/c31-24-12-11-22(26(32)15-24)17-33-18-23(25-7-3-4-8-27(25)33)14-28-29(35)34(30(36)37-28)16-19-9-10-20-5-1-2-6-21(20)13-19/h1-15,18H,16-17H2/b28-14-. The molecule has 182 valence electrons. The quantitative estimate of drug-likeness (QED) is 0.209. The van der Waals surface area contributed by atoms with Crippen molar-refractivity contribution in [2.75, 3.05) is 0 Å². The van der Waals surface area contributed by atoms with Crippen LogP contribution in [-0.2, 0) is 17.9 Å². The van der Waals surface area contributed by atoms with Crippen molar-refractivity contribution in [3.8, 4) is 0 Å². The molecule has 0 spiro atoms. The van der Waals surface area contributed by atoms with E-state index in [1.54, 1.807) is 6.07 Å². The van der Waals surface area contributed by atoms with Crippen molar-refractivity contribution in [3.63, 3.8) is 0 Å². The second-order valence-electron chi connectivity index (χ2n) is 8.91. The summed E-state index contributed by atoms with van der Waals surface area (Å²) in [6.07, 6.45) is 3.81. The molecule has 6 rings (SSSR count). The molecule has 1 fully saturated rings. The number of imide groups is 1. The summed E-state index contributed by atoms with van der Waals surface area (Å²) in [5, 5.41) is 4.12. The van der Waals surface area contributed by atoms with Gasteiger partial charge in [0.15, 0.2) is 0 Å². The van der Waals surface area contributed by atoms with E-state index >= 15 is 0 Å². The van der Waals surface area contributed by atoms with Crippen LogP contribution in [0.3, 0.4) is 0 Å². The number of hydrogen-bond acceptors (Lipinski definition) is 3. The molecule has 0 bridgehead atoms. The Kier molecular flexibility index (Phi) is 6.29. The number of aromatic nitrogens is 1. The number of hydrogen-bond donors (Lipinski definition) is 0. The maximum atomic E-state index is 13.3. The summed E-state index contributed by atoms with van der Waals surface area (Å²) >= 11 is 13.5. The highest BCUT2D eigenvalue weighted by molar-refractivity contribution is 8.18. The Labute approximate surface area is 228 Å². The van der Waals surface area contributed by atoms with Gasteiger partial charge in [-0.15, -0.1) is 0 Å². The fourth-order valence-electron chi connectivity index (χ4n) is 4.65. The lowest BCUT2D eigenvalue weighted by atomic mass is 10.1. The zero-order valence-electron chi connectivity index (χ0n) is 19.5. The molecule has 2 heterocycles. The number of halogens is 2. The van der Waals surface area contributed by atoms with Gasteiger partial charge in [0.25, 0.3) is 11.1 Å². The number of benzene rings is 4. The topological polar surface area (TPSA) is 42.3 Å². The van der Waals surface area contributed by atoms with Gasteiger partial charge < -0.3 is 4.57 Å². The van der Waals surface area contributed by atoms with E-state index in [0.717, 1.165) is 50.1 Å². The molecule has 0 atom stereocenters. The molecule has 0 saturated carbocycles. The smallest absolute Gasteiger partial charge is 0.293 e. The summed E-state index contributed by atoms with van der Waals surface area (Å²) in [5.41, 5.74) is 3.74. The van der Waals surface area contributed by atoms with E-state index in [9.17, 15) is 9.59 Å². The van der Waals surface area contributed by atoms with Crippen LogP contribution in [0.2, 0.25) is 10.0 Å². The molecular formula is C30H20Cl2N2O2S. The van der Waals surface area contributed by atoms with E-state index in [1.807, 2.05) is 91.1 Å². The third-order valence-corrected chi connectivity index (χ3v) is 7.98. The van der Waals surface area contributed by atoms with Crippen molar-refractivity contribution in [1.29, 1.82) is 0 Å². The van der Waals surface area contributed by atoms with Gasteiger partial charge in [-0.3, -0.25) is 14.5 Å². The molecule has 0 radical (unpaired) electrons. The first-order valence-electron chi connectivity index (χ1n) is 11.7. The highest BCUT2D eigenvalue weighted by atomic mass is 35.5. The summed E-state index contributed by atoms with van der Waals surface area (Å²) in [4.78, 5) is 27.8. The van der Waals surface area contributed by atoms with Gasteiger partial charge in [0.05, 0.1) is 11.4 Å². The molecule has 4 aromatic carbocycles. The van der Waals surface area contributed by atoms with Crippen molar-refractivity contribution < 1.29 is 9.59 Å². The van der Waals surface area contributed by atoms with Gasteiger partial charge in [-0.1, -0.05) is 83.9 Å². The molecule has 0 unspecified atom stereocenters. The van der Waals surface area contributed by atoms with Crippen molar-refractivity contribution in [1.82, 2.24) is 9.47 Å². The van der Waals surface area contributed by atoms with E-state index < -0.39 is 0 Å². The Morgan fingerprint density at radius 1 is 0.811 bits per heavy atom. The molecule has 4 nitrogen and oxygen atoms in total. The van der Waals surface area contributed by atoms with Crippen LogP contribution in [0.5, 0.6) is 0 Å². The van der Waals surface area contributed by atoms with E-state index in [-0.39, 0.29) is 17.7 Å². The van der Waals surface area contributed by atoms with Gasteiger partial charge in [0, 0.05) is 39.3 Å². The maximum Gasteiger partial charge on any atom is 0.293 e. The zero-order valence-corrected chi connectivity index (χ0v) is 21.9. The van der Waals surface area contributed by atoms with Gasteiger partial charge in [-0.05, 0) is 64.0 Å². The number of amides is 2. The van der Waals surface area contributed by atoms with E-state index in [0.29, 0.717) is 21.5 Å². The summed E-state index contributed by atoms with van der Waals surface area (Å²) in [6, 6.07) is 27.5. The summed E-state index contributed by atoms with van der Waals surface area (Å²) in [6.45, 7) is 0.789. The van der Waals surface area contributed by atoms with Crippen LogP contribution < -0.4 is 0 Å². The monoisotopic (exact) mass is 542 g/mol. The summed E-state index contributed by atoms with van der Waals surface area (Å²) in [7, 11) is 0. The number of carbonyl (C=O) groups is 2. The molecule has 1 saturated heterocycles. The normalized spacial score (nSPS) is 15.0. The molecule has 0 aliphatic carbocycles. The van der Waals surface area contributed by atoms with E-state index in [1.165, 1.54) is 4.90 Å². The summed E-state index contributed by atoms with van der Waals surface area (Å²) in [5.74, 6) is -0.277. The molecule has 2 amide bonds. The Hall–Kier alpha value is -3.51. The van der Waals surface area contributed by atoms with Crippen LogP contribution in [0.4, 0.5) is 4.79 Å². The van der Waals surface area contributed by atoms with Crippen LogP contribution in [0.25, 0.3) is 27.8 Å². The number of thioether (sulfide) groups is 1. The average Bonchev–Trinajstić information content (AvgIpc) is 3.37. The number of rotatable bonds is 5. The minimum atomic E-state index is -0.277. The number of fused-ring (bicyclic) bond motifs is 2. The fraction of sp³-hybridized carbons (Fsp3) is 0.0667. The SMILES string of the molecule is O=C1S/C(=C\c2cn(Cc3ccc(Cl)cc3Cl)c3ccccc23)C(=O)N1Cc1ccc2ccccc2c1. The molecule has 7 heteroatoms. The lowest BCUT2D eigenvalue weighted by molar-refractivity contribution is -0.123. The van der Waals surface area contributed by atoms with Crippen molar-refractivity contribution in [3.05, 3.63) is 123 Å². The Morgan fingerprint density at radius 3 is 2.43 bits per heavy atom. The first-order valence-corrected chi connectivity index (χ1v) is 13.3. The predicted molar refractivity (Wildman–Crippen MR) is 153 cm³/mol. The van der Waals surface area contributed by atoms with E-state index in [2.05, 4.69) is 4.57 Å². The summed E-state index contributed by atoms with van der Waals surface area (Å²) < 4.78 is 2.09. The largest absolute Gasteiger partial charge is 0.342 e. The fourth-order valence-corrected chi connectivity index (χ4v) is 5.95. The Balaban J connectivity index is 1.30. The number of carbonyl (C=O) groups excluding carboxylic acids is 2. The second-order valence-corrected chi connectivity index (χ2v) is 10.8. The zero-order chi connectivity index (χ0) is 25.5. The van der Waals surface area contributed by atoms with Gasteiger partial charge in [0.1, 0.15) is 0 Å². The van der Waals surface area contributed by atoms with Crippen molar-refractivity contribution in [2.45, 2.75) is 13.1 Å². The third kappa shape index (κ3) is 4.66. The predicted octanol–water partition coefficient (Wildman–Crippen LogP) is 8.39. The number of para-hydroxylation sites is 1. The molecule has 1 aromatic heterocycles. The third-order valence-electron chi connectivity index (χ3n) is 6.49. The first kappa shape index (κ1) is 23.9. The maximum absolute atomic E-state index is 13.3. The second kappa shape index (κ2) is 9.75. The van der Waals surface area contributed by atoms with Crippen LogP contribution in [0.15, 0.2) is 96.0 Å². The molecule has 0 N–H and O–H groups in total. The van der Waals surface area contributed by atoms with Crippen LogP contribution >= 0.6 is 35.0 Å². The van der Waals surface area contributed by atoms with Gasteiger partial charge in [-0.25, -0.2) is 0 Å².